The van der Waals surface area contributed by atoms with Crippen molar-refractivity contribution >= 4 is 12.1 Å². The highest BCUT2D eigenvalue weighted by atomic mass is 16.5. The molecule has 122 valence electrons. The van der Waals surface area contributed by atoms with Crippen molar-refractivity contribution in [1.82, 2.24) is 9.47 Å². The van der Waals surface area contributed by atoms with Crippen LogP contribution in [-0.4, -0.2) is 51.5 Å². The number of ether oxygens (including phenoxy) is 1. The second kappa shape index (κ2) is 5.93. The normalized spacial score (nSPS) is 21.5. The molecule has 8 nitrogen and oxygen atoms in total. The highest BCUT2D eigenvalue weighted by molar-refractivity contribution is 5.90. The predicted octanol–water partition coefficient (Wildman–Crippen LogP) is 1.64. The highest BCUT2D eigenvalue weighted by Gasteiger charge is 2.37. The summed E-state index contributed by atoms with van der Waals surface area (Å²) in [4.78, 5) is 23.9. The third-order valence-electron chi connectivity index (χ3n) is 4.54. The van der Waals surface area contributed by atoms with Crippen LogP contribution < -0.4 is 0 Å². The third kappa shape index (κ3) is 2.53. The molecule has 0 aliphatic carbocycles. The zero-order valence-electron chi connectivity index (χ0n) is 12.4. The van der Waals surface area contributed by atoms with Gasteiger partial charge in [-0.3, -0.25) is 4.90 Å². The first-order valence-electron chi connectivity index (χ1n) is 7.48. The molecular weight excluding hydrogens is 302 g/mol. The highest BCUT2D eigenvalue weighted by Crippen LogP contribution is 2.36. The van der Waals surface area contributed by atoms with Crippen LogP contribution in [0.5, 0.6) is 0 Å². The van der Waals surface area contributed by atoms with E-state index in [0.29, 0.717) is 19.8 Å². The number of hydrogen-bond acceptors (Lipinski definition) is 4. The topological polar surface area (TPSA) is 116 Å². The van der Waals surface area contributed by atoms with Crippen molar-refractivity contribution in [2.45, 2.75) is 31.3 Å². The number of fused-ring (bicyclic) bond motifs is 1. The van der Waals surface area contributed by atoms with Crippen LogP contribution in [-0.2, 0) is 11.3 Å². The van der Waals surface area contributed by atoms with E-state index in [-0.39, 0.29) is 23.7 Å². The van der Waals surface area contributed by atoms with Gasteiger partial charge in [-0.2, -0.15) is 5.26 Å². The average Bonchev–Trinajstić information content (AvgIpc) is 2.94. The van der Waals surface area contributed by atoms with Gasteiger partial charge in [-0.1, -0.05) is 0 Å². The molecule has 1 unspecified atom stereocenters. The van der Waals surface area contributed by atoms with Crippen LogP contribution in [0.15, 0.2) is 6.07 Å². The maximum Gasteiger partial charge on any atom is 0.408 e. The summed E-state index contributed by atoms with van der Waals surface area (Å²) in [7, 11) is 0. The molecule has 0 spiro atoms. The monoisotopic (exact) mass is 319 g/mol. The lowest BCUT2D eigenvalue weighted by atomic mass is 9.96. The maximum absolute atomic E-state index is 11.6. The summed E-state index contributed by atoms with van der Waals surface area (Å²) in [5, 5.41) is 28.1. The smallest absolute Gasteiger partial charge is 0.408 e. The first-order chi connectivity index (χ1) is 11.0. The summed E-state index contributed by atoms with van der Waals surface area (Å²) in [6, 6.07) is 2.44. The lowest BCUT2D eigenvalue weighted by Crippen LogP contribution is -2.41. The minimum Gasteiger partial charge on any atom is -0.478 e. The molecule has 1 aromatic heterocycles. The minimum absolute atomic E-state index is 0.0176. The van der Waals surface area contributed by atoms with E-state index in [1.165, 1.54) is 0 Å². The molecular formula is C15H17N3O5. The van der Waals surface area contributed by atoms with Crippen LogP contribution in [0.25, 0.3) is 0 Å². The molecule has 1 atom stereocenters. The van der Waals surface area contributed by atoms with Crippen molar-refractivity contribution in [3.8, 4) is 6.07 Å². The van der Waals surface area contributed by atoms with Gasteiger partial charge < -0.3 is 19.5 Å². The van der Waals surface area contributed by atoms with Gasteiger partial charge in [-0.05, 0) is 18.9 Å². The molecule has 0 saturated carbocycles. The van der Waals surface area contributed by atoms with Crippen molar-refractivity contribution in [1.29, 1.82) is 5.26 Å². The van der Waals surface area contributed by atoms with Crippen LogP contribution >= 0.6 is 0 Å². The third-order valence-corrected chi connectivity index (χ3v) is 4.54. The Bertz CT molecular complexity index is 684. The number of aromatic carboxylic acids is 1. The van der Waals surface area contributed by atoms with Crippen molar-refractivity contribution in [3.63, 3.8) is 0 Å². The summed E-state index contributed by atoms with van der Waals surface area (Å²) >= 11 is 0. The van der Waals surface area contributed by atoms with Gasteiger partial charge >= 0.3 is 12.1 Å². The second-order valence-corrected chi connectivity index (χ2v) is 5.72. The zero-order chi connectivity index (χ0) is 16.6. The molecule has 1 saturated heterocycles. The fraction of sp³-hybridized carbons (Fsp3) is 0.533. The number of nitrogens with zero attached hydrogens (tertiary/aromatic N) is 3. The average molecular weight is 319 g/mol. The largest absolute Gasteiger partial charge is 0.478 e. The molecule has 2 aliphatic rings. The van der Waals surface area contributed by atoms with Gasteiger partial charge in [0.1, 0.15) is 0 Å². The number of nitriles is 1. The number of carbonyl (C=O) groups is 2. The van der Waals surface area contributed by atoms with Crippen LogP contribution in [0.4, 0.5) is 4.79 Å². The van der Waals surface area contributed by atoms with Crippen LogP contribution in [0.3, 0.4) is 0 Å². The predicted molar refractivity (Wildman–Crippen MR) is 77.3 cm³/mol. The van der Waals surface area contributed by atoms with E-state index in [9.17, 15) is 25.1 Å². The second-order valence-electron chi connectivity index (χ2n) is 5.72. The molecule has 3 rings (SSSR count). The Hall–Kier alpha value is -2.53. The Balaban J connectivity index is 2.10. The Kier molecular flexibility index (Phi) is 3.96. The van der Waals surface area contributed by atoms with E-state index in [2.05, 4.69) is 0 Å². The van der Waals surface area contributed by atoms with Crippen molar-refractivity contribution < 1.29 is 24.5 Å². The van der Waals surface area contributed by atoms with E-state index < -0.39 is 18.1 Å². The van der Waals surface area contributed by atoms with Crippen molar-refractivity contribution in [2.75, 3.05) is 19.8 Å². The molecule has 3 heterocycles. The van der Waals surface area contributed by atoms with Crippen LogP contribution in [0.1, 0.15) is 46.5 Å². The number of carboxylic acids is 1. The van der Waals surface area contributed by atoms with Gasteiger partial charge in [0.25, 0.3) is 0 Å². The Morgan fingerprint density at radius 2 is 1.96 bits per heavy atom. The van der Waals surface area contributed by atoms with E-state index >= 15 is 0 Å². The number of carboxylic acid groups (broad SMARTS) is 2. The summed E-state index contributed by atoms with van der Waals surface area (Å²) in [5.41, 5.74) is 1.16. The number of rotatable bonds is 2. The number of aromatic nitrogens is 1. The van der Waals surface area contributed by atoms with Gasteiger partial charge in [-0.15, -0.1) is 0 Å². The molecule has 0 bridgehead atoms. The molecule has 2 N–H and O–H groups in total. The van der Waals surface area contributed by atoms with E-state index in [0.717, 1.165) is 23.4 Å². The van der Waals surface area contributed by atoms with E-state index in [1.54, 1.807) is 6.07 Å². The number of hydrogen-bond donors (Lipinski definition) is 2. The molecule has 1 aromatic rings. The minimum atomic E-state index is -1.21. The Morgan fingerprint density at radius 3 is 2.52 bits per heavy atom. The van der Waals surface area contributed by atoms with E-state index in [4.69, 9.17) is 4.74 Å². The van der Waals surface area contributed by atoms with Gasteiger partial charge in [0, 0.05) is 37.9 Å². The molecule has 23 heavy (non-hydrogen) atoms. The standard InChI is InChI=1S/C15H17N3O5/c16-8-12-13-10(14(19)20)7-11(9-1-5-23-6-2-9)17(13)3-4-18(12)15(21)22/h7,9,12H,1-6H2,(H,19,20)(H,21,22). The summed E-state index contributed by atoms with van der Waals surface area (Å²) < 4.78 is 7.17. The Morgan fingerprint density at radius 1 is 1.26 bits per heavy atom. The fourth-order valence-electron chi connectivity index (χ4n) is 3.45. The fourth-order valence-corrected chi connectivity index (χ4v) is 3.45. The first-order valence-corrected chi connectivity index (χ1v) is 7.48. The van der Waals surface area contributed by atoms with Gasteiger partial charge in [0.05, 0.1) is 17.3 Å². The first kappa shape index (κ1) is 15.4. The van der Waals surface area contributed by atoms with Gasteiger partial charge in [0.15, 0.2) is 6.04 Å². The molecule has 1 amide bonds. The molecule has 2 aliphatic heterocycles. The molecule has 8 heteroatoms. The Labute approximate surface area is 132 Å². The lowest BCUT2D eigenvalue weighted by Gasteiger charge is -2.33. The lowest BCUT2D eigenvalue weighted by molar-refractivity contribution is 0.0689. The summed E-state index contributed by atoms with van der Waals surface area (Å²) in [6.07, 6.45) is 0.373. The molecule has 0 radical (unpaired) electrons. The van der Waals surface area contributed by atoms with Gasteiger partial charge in [-0.25, -0.2) is 9.59 Å². The summed E-state index contributed by atoms with van der Waals surface area (Å²) in [5.74, 6) is -0.967. The van der Waals surface area contributed by atoms with Gasteiger partial charge in [0.2, 0.25) is 0 Å². The maximum atomic E-state index is 11.6. The summed E-state index contributed by atoms with van der Waals surface area (Å²) in [6.45, 7) is 1.78. The van der Waals surface area contributed by atoms with Crippen molar-refractivity contribution in [3.05, 3.63) is 23.0 Å². The van der Waals surface area contributed by atoms with Crippen molar-refractivity contribution in [2.24, 2.45) is 0 Å². The van der Waals surface area contributed by atoms with E-state index in [1.807, 2.05) is 10.6 Å². The molecule has 0 aromatic carbocycles. The molecule has 1 fully saturated rings. The quantitative estimate of drug-likeness (QED) is 0.856. The SMILES string of the molecule is N#CC1c2c(C(=O)O)cc(C3CCOCC3)n2CCN1C(=O)O. The number of amides is 1. The zero-order valence-corrected chi connectivity index (χ0v) is 12.4. The van der Waals surface area contributed by atoms with Crippen LogP contribution in [0, 0.1) is 11.3 Å². The van der Waals surface area contributed by atoms with Crippen LogP contribution in [0.2, 0.25) is 0 Å².